The highest BCUT2D eigenvalue weighted by atomic mass is 32.2. The number of nitrogens with one attached hydrogen (secondary N) is 1. The summed E-state index contributed by atoms with van der Waals surface area (Å²) in [5.41, 5.74) is 2.28. The van der Waals surface area contributed by atoms with Crippen molar-refractivity contribution < 1.29 is 24.0 Å². The standard InChI is InChI=1S/C30H37N3O4S/c1-4-37-25-12-10-21(18-26(25)36-3)19-28-30(35)31(2)24-20-22(11-13-27(24)38-28)29(34)33-16-14-32(15-17-33)23-8-6-5-7-9-23/h10-13,18-20,23H,4-9,14-17H2,1-3H3/p+1. The number of carbonyl (C=O) groups excluding carboxylic acids is 2. The zero-order valence-corrected chi connectivity index (χ0v) is 23.4. The number of ether oxygens (including phenoxy) is 2. The third-order valence-electron chi connectivity index (χ3n) is 7.96. The Bertz CT molecular complexity index is 1220. The van der Waals surface area contributed by atoms with E-state index in [0.717, 1.165) is 48.4 Å². The second-order valence-corrected chi connectivity index (χ2v) is 11.4. The van der Waals surface area contributed by atoms with E-state index in [-0.39, 0.29) is 11.8 Å². The molecule has 2 aromatic carbocycles. The maximum absolute atomic E-state index is 13.4. The van der Waals surface area contributed by atoms with Crippen molar-refractivity contribution in [2.75, 3.05) is 51.8 Å². The second-order valence-electron chi connectivity index (χ2n) is 10.3. The normalized spacial score (nSPS) is 20.0. The quantitative estimate of drug-likeness (QED) is 0.568. The van der Waals surface area contributed by atoms with Crippen molar-refractivity contribution in [3.63, 3.8) is 0 Å². The van der Waals surface area contributed by atoms with Gasteiger partial charge in [0.15, 0.2) is 11.5 Å². The molecular weight excluding hydrogens is 498 g/mol. The first-order chi connectivity index (χ1) is 18.5. The van der Waals surface area contributed by atoms with Gasteiger partial charge in [0.25, 0.3) is 11.8 Å². The Morgan fingerprint density at radius 2 is 1.84 bits per heavy atom. The fourth-order valence-electron chi connectivity index (χ4n) is 5.83. The van der Waals surface area contributed by atoms with Crippen LogP contribution in [0.15, 0.2) is 46.2 Å². The van der Waals surface area contributed by atoms with Gasteiger partial charge in [-0.05, 0) is 74.6 Å². The van der Waals surface area contributed by atoms with Gasteiger partial charge in [0, 0.05) is 17.5 Å². The molecule has 2 aromatic rings. The van der Waals surface area contributed by atoms with Gasteiger partial charge in [-0.2, -0.15) is 0 Å². The number of thioether (sulfide) groups is 1. The average Bonchev–Trinajstić information content (AvgIpc) is 2.96. The van der Waals surface area contributed by atoms with Crippen LogP contribution in [-0.2, 0) is 4.79 Å². The van der Waals surface area contributed by atoms with E-state index in [0.29, 0.717) is 28.6 Å². The molecule has 8 heteroatoms. The zero-order chi connectivity index (χ0) is 26.6. The summed E-state index contributed by atoms with van der Waals surface area (Å²) in [5.74, 6) is 1.28. The van der Waals surface area contributed by atoms with Crippen molar-refractivity contribution in [3.8, 4) is 11.5 Å². The first-order valence-electron chi connectivity index (χ1n) is 13.7. The lowest BCUT2D eigenvalue weighted by Crippen LogP contribution is -3.18. The molecule has 0 unspecified atom stereocenters. The highest BCUT2D eigenvalue weighted by Gasteiger charge is 2.32. The third kappa shape index (κ3) is 5.57. The highest BCUT2D eigenvalue weighted by Crippen LogP contribution is 2.42. The van der Waals surface area contributed by atoms with Crippen molar-refractivity contribution in [2.24, 2.45) is 0 Å². The molecule has 0 atom stereocenters. The first-order valence-corrected chi connectivity index (χ1v) is 14.6. The van der Waals surface area contributed by atoms with Gasteiger partial charge in [-0.3, -0.25) is 9.59 Å². The SMILES string of the molecule is CCOc1ccc(C=C2Sc3ccc(C(=O)N4CC[NH+](C5CCCCC5)CC4)cc3N(C)C2=O)cc1OC. The van der Waals surface area contributed by atoms with E-state index in [4.69, 9.17) is 9.47 Å². The molecule has 7 nitrogen and oxygen atoms in total. The van der Waals surface area contributed by atoms with Gasteiger partial charge < -0.3 is 24.2 Å². The van der Waals surface area contributed by atoms with Crippen LogP contribution in [0, 0.1) is 0 Å². The predicted molar refractivity (Wildman–Crippen MR) is 151 cm³/mol. The lowest BCUT2D eigenvalue weighted by Gasteiger charge is -2.38. The Hall–Kier alpha value is -2.97. The minimum atomic E-state index is -0.0929. The maximum Gasteiger partial charge on any atom is 0.264 e. The second kappa shape index (κ2) is 11.8. The monoisotopic (exact) mass is 536 g/mol. The Labute approximate surface area is 229 Å². The number of rotatable bonds is 6. The molecule has 0 aromatic heterocycles. The van der Waals surface area contributed by atoms with E-state index >= 15 is 0 Å². The molecule has 3 aliphatic rings. The van der Waals surface area contributed by atoms with Crippen LogP contribution in [0.2, 0.25) is 0 Å². The van der Waals surface area contributed by atoms with Crippen LogP contribution in [0.1, 0.15) is 54.9 Å². The number of carbonyl (C=O) groups is 2. The summed E-state index contributed by atoms with van der Waals surface area (Å²) in [5, 5.41) is 0. The first kappa shape index (κ1) is 26.6. The van der Waals surface area contributed by atoms with E-state index in [1.165, 1.54) is 43.9 Å². The Balaban J connectivity index is 1.29. The number of benzene rings is 2. The van der Waals surface area contributed by atoms with E-state index < -0.39 is 0 Å². The lowest BCUT2D eigenvalue weighted by molar-refractivity contribution is -0.930. The molecule has 0 bridgehead atoms. The fraction of sp³-hybridized carbons (Fsp3) is 0.467. The highest BCUT2D eigenvalue weighted by molar-refractivity contribution is 8.04. The molecule has 38 heavy (non-hydrogen) atoms. The van der Waals surface area contributed by atoms with Crippen molar-refractivity contribution in [2.45, 2.75) is 50.0 Å². The van der Waals surface area contributed by atoms with Gasteiger partial charge in [-0.15, -0.1) is 0 Å². The zero-order valence-electron chi connectivity index (χ0n) is 22.6. The summed E-state index contributed by atoms with van der Waals surface area (Å²) in [6.07, 6.45) is 8.60. The molecule has 1 saturated carbocycles. The third-order valence-corrected chi connectivity index (χ3v) is 9.04. The molecule has 2 aliphatic heterocycles. The number of methoxy groups -OCH3 is 1. The molecule has 1 saturated heterocycles. The van der Waals surface area contributed by atoms with E-state index in [1.807, 2.05) is 54.3 Å². The number of fused-ring (bicyclic) bond motifs is 1. The molecule has 0 spiro atoms. The predicted octanol–water partition coefficient (Wildman–Crippen LogP) is 3.88. The van der Waals surface area contributed by atoms with Crippen molar-refractivity contribution in [3.05, 3.63) is 52.4 Å². The molecular formula is C30H38N3O4S+. The van der Waals surface area contributed by atoms with Gasteiger partial charge in [0.05, 0.1) is 56.5 Å². The molecule has 202 valence electrons. The smallest absolute Gasteiger partial charge is 0.264 e. The number of anilines is 1. The maximum atomic E-state index is 13.4. The Kier molecular flexibility index (Phi) is 8.29. The van der Waals surface area contributed by atoms with E-state index in [1.54, 1.807) is 24.0 Å². The number of hydrogen-bond acceptors (Lipinski definition) is 5. The summed E-state index contributed by atoms with van der Waals surface area (Å²) in [6, 6.07) is 12.2. The van der Waals surface area contributed by atoms with E-state index in [9.17, 15) is 9.59 Å². The number of nitrogens with zero attached hydrogens (tertiary/aromatic N) is 2. The van der Waals surface area contributed by atoms with Crippen molar-refractivity contribution in [1.29, 1.82) is 0 Å². The largest absolute Gasteiger partial charge is 0.493 e. The van der Waals surface area contributed by atoms with Crippen LogP contribution in [0.5, 0.6) is 11.5 Å². The van der Waals surface area contributed by atoms with Gasteiger partial charge in [-0.25, -0.2) is 0 Å². The van der Waals surface area contributed by atoms with Crippen LogP contribution in [0.4, 0.5) is 5.69 Å². The molecule has 1 aliphatic carbocycles. The lowest BCUT2D eigenvalue weighted by atomic mass is 9.94. The molecule has 1 N–H and O–H groups in total. The number of amides is 2. The van der Waals surface area contributed by atoms with Gasteiger partial charge in [0.2, 0.25) is 0 Å². The van der Waals surface area contributed by atoms with Gasteiger partial charge in [0.1, 0.15) is 0 Å². The summed E-state index contributed by atoms with van der Waals surface area (Å²) in [7, 11) is 3.38. The Morgan fingerprint density at radius 1 is 1.08 bits per heavy atom. The summed E-state index contributed by atoms with van der Waals surface area (Å²) in [6.45, 7) is 6.13. The minimum Gasteiger partial charge on any atom is -0.493 e. The van der Waals surface area contributed by atoms with Crippen molar-refractivity contribution in [1.82, 2.24) is 4.90 Å². The van der Waals surface area contributed by atoms with Crippen LogP contribution in [0.25, 0.3) is 6.08 Å². The summed E-state index contributed by atoms with van der Waals surface area (Å²) >= 11 is 1.43. The van der Waals surface area contributed by atoms with Gasteiger partial charge in [-0.1, -0.05) is 24.2 Å². The number of hydrogen-bond donors (Lipinski definition) is 1. The summed E-state index contributed by atoms with van der Waals surface area (Å²) in [4.78, 5) is 33.5. The van der Waals surface area contributed by atoms with Gasteiger partial charge >= 0.3 is 0 Å². The van der Waals surface area contributed by atoms with Crippen molar-refractivity contribution >= 4 is 35.3 Å². The number of quaternary nitrogens is 1. The topological polar surface area (TPSA) is 63.5 Å². The summed E-state index contributed by atoms with van der Waals surface area (Å²) < 4.78 is 11.1. The molecule has 0 radical (unpaired) electrons. The number of piperazine rings is 1. The minimum absolute atomic E-state index is 0.0594. The average molecular weight is 537 g/mol. The molecule has 5 rings (SSSR count). The van der Waals surface area contributed by atoms with Crippen LogP contribution < -0.4 is 19.3 Å². The van der Waals surface area contributed by atoms with Crippen LogP contribution in [0.3, 0.4) is 0 Å². The molecule has 2 amide bonds. The fourth-order valence-corrected chi connectivity index (χ4v) is 6.92. The molecule has 2 heterocycles. The van der Waals surface area contributed by atoms with E-state index in [2.05, 4.69) is 0 Å². The number of likely N-dealkylation sites (N-methyl/N-ethyl adjacent to an activating group) is 1. The molecule has 2 fully saturated rings. The Morgan fingerprint density at radius 3 is 2.55 bits per heavy atom. The van der Waals surface area contributed by atoms with Crippen LogP contribution >= 0.6 is 11.8 Å². The van der Waals surface area contributed by atoms with Crippen LogP contribution in [-0.4, -0.2) is 69.7 Å².